The van der Waals surface area contributed by atoms with Gasteiger partial charge >= 0.3 is 6.03 Å². The largest absolute Gasteiger partial charge is 0.379 e. The molecular formula is C14H22N3O3+. The molecular weight excluding hydrogens is 258 g/mol. The molecule has 0 bridgehead atoms. The Morgan fingerprint density at radius 3 is 2.50 bits per heavy atom. The number of rotatable bonds is 6. The van der Waals surface area contributed by atoms with Gasteiger partial charge in [0, 0.05) is 19.7 Å². The van der Waals surface area contributed by atoms with Gasteiger partial charge in [0.05, 0.1) is 6.61 Å². The number of quaternary nitrogens is 1. The third kappa shape index (κ3) is 4.99. The van der Waals surface area contributed by atoms with Crippen LogP contribution in [0.2, 0.25) is 0 Å². The highest BCUT2D eigenvalue weighted by Crippen LogP contribution is 2.08. The van der Waals surface area contributed by atoms with E-state index in [1.165, 1.54) is 7.05 Å². The van der Waals surface area contributed by atoms with E-state index in [1.54, 1.807) is 7.11 Å². The Bertz CT molecular complexity index is 437. The maximum absolute atomic E-state index is 12.2. The van der Waals surface area contributed by atoms with Crippen molar-refractivity contribution in [1.82, 2.24) is 10.6 Å². The summed E-state index contributed by atoms with van der Waals surface area (Å²) >= 11 is 0. The van der Waals surface area contributed by atoms with Crippen molar-refractivity contribution in [3.05, 3.63) is 35.9 Å². The molecule has 0 spiro atoms. The summed E-state index contributed by atoms with van der Waals surface area (Å²) in [7, 11) is 3.09. The molecule has 0 aromatic heterocycles. The number of hydrogen-bond acceptors (Lipinski definition) is 3. The maximum atomic E-state index is 12.2. The molecule has 1 rings (SSSR count). The number of benzene rings is 1. The van der Waals surface area contributed by atoms with E-state index in [-0.39, 0.29) is 11.9 Å². The van der Waals surface area contributed by atoms with Crippen molar-refractivity contribution in [1.29, 1.82) is 0 Å². The van der Waals surface area contributed by atoms with Gasteiger partial charge in [-0.3, -0.25) is 10.1 Å². The van der Waals surface area contributed by atoms with Crippen LogP contribution in [0.5, 0.6) is 0 Å². The lowest BCUT2D eigenvalue weighted by atomic mass is 10.1. The topological polar surface area (TPSA) is 84.0 Å². The fraction of sp³-hybridized carbons (Fsp3) is 0.429. The fourth-order valence-corrected chi connectivity index (χ4v) is 1.91. The summed E-state index contributed by atoms with van der Waals surface area (Å²) in [6.45, 7) is 2.49. The van der Waals surface area contributed by atoms with Gasteiger partial charge in [-0.15, -0.1) is 0 Å². The SMILES string of the molecule is CNC(=O)NC(=O)[C@@H]([NH2+][C@H](C)COC)c1ccccc1. The van der Waals surface area contributed by atoms with E-state index in [4.69, 9.17) is 4.74 Å². The van der Waals surface area contributed by atoms with Gasteiger partial charge < -0.3 is 15.4 Å². The number of hydrogen-bond donors (Lipinski definition) is 3. The Morgan fingerprint density at radius 2 is 1.95 bits per heavy atom. The van der Waals surface area contributed by atoms with Crippen LogP contribution in [0.1, 0.15) is 18.5 Å². The van der Waals surface area contributed by atoms with Crippen LogP contribution in [-0.4, -0.2) is 38.7 Å². The highest BCUT2D eigenvalue weighted by molar-refractivity contribution is 5.96. The Morgan fingerprint density at radius 1 is 1.30 bits per heavy atom. The fourth-order valence-electron chi connectivity index (χ4n) is 1.91. The first kappa shape index (κ1) is 16.1. The number of nitrogens with one attached hydrogen (secondary N) is 2. The molecule has 0 heterocycles. The van der Waals surface area contributed by atoms with E-state index in [0.29, 0.717) is 6.61 Å². The Balaban J connectivity index is 2.84. The molecule has 0 radical (unpaired) electrons. The number of amides is 3. The molecule has 0 aliphatic carbocycles. The number of imide groups is 1. The molecule has 0 saturated carbocycles. The monoisotopic (exact) mass is 280 g/mol. The lowest BCUT2D eigenvalue weighted by molar-refractivity contribution is -0.714. The van der Waals surface area contributed by atoms with E-state index < -0.39 is 12.1 Å². The Hall–Kier alpha value is -1.92. The molecule has 0 aliphatic rings. The van der Waals surface area contributed by atoms with Crippen LogP contribution in [0.3, 0.4) is 0 Å². The molecule has 0 unspecified atom stereocenters. The number of carbonyl (C=O) groups is 2. The lowest BCUT2D eigenvalue weighted by Gasteiger charge is -2.19. The number of urea groups is 1. The van der Waals surface area contributed by atoms with Gasteiger partial charge in [-0.25, -0.2) is 4.79 Å². The second-order valence-electron chi connectivity index (χ2n) is 4.58. The molecule has 20 heavy (non-hydrogen) atoms. The summed E-state index contributed by atoms with van der Waals surface area (Å²) in [5.41, 5.74) is 0.844. The van der Waals surface area contributed by atoms with Crippen LogP contribution in [0, 0.1) is 0 Å². The van der Waals surface area contributed by atoms with E-state index in [2.05, 4.69) is 10.6 Å². The lowest BCUT2D eigenvalue weighted by Crippen LogP contribution is -2.93. The minimum atomic E-state index is -0.510. The van der Waals surface area contributed by atoms with Crippen molar-refractivity contribution in [3.8, 4) is 0 Å². The van der Waals surface area contributed by atoms with E-state index in [1.807, 2.05) is 42.6 Å². The van der Waals surface area contributed by atoms with Crippen molar-refractivity contribution in [2.45, 2.75) is 19.0 Å². The summed E-state index contributed by atoms with van der Waals surface area (Å²) in [5.74, 6) is -0.349. The number of methoxy groups -OCH3 is 1. The van der Waals surface area contributed by atoms with Crippen LogP contribution in [-0.2, 0) is 9.53 Å². The molecule has 3 amide bonds. The van der Waals surface area contributed by atoms with Gasteiger partial charge in [0.2, 0.25) is 0 Å². The van der Waals surface area contributed by atoms with Crippen molar-refractivity contribution in [3.63, 3.8) is 0 Å². The van der Waals surface area contributed by atoms with Crippen molar-refractivity contribution >= 4 is 11.9 Å². The zero-order valence-corrected chi connectivity index (χ0v) is 12.1. The summed E-state index contributed by atoms with van der Waals surface area (Å²) < 4.78 is 5.08. The zero-order chi connectivity index (χ0) is 15.0. The highest BCUT2D eigenvalue weighted by atomic mass is 16.5. The predicted molar refractivity (Wildman–Crippen MR) is 75.0 cm³/mol. The summed E-state index contributed by atoms with van der Waals surface area (Å²) in [4.78, 5) is 23.5. The van der Waals surface area contributed by atoms with Crippen molar-refractivity contribution in [2.24, 2.45) is 0 Å². The molecule has 0 saturated heterocycles. The van der Waals surface area contributed by atoms with Crippen LogP contribution < -0.4 is 16.0 Å². The highest BCUT2D eigenvalue weighted by Gasteiger charge is 2.27. The number of carbonyl (C=O) groups excluding carboxylic acids is 2. The number of ether oxygens (including phenoxy) is 1. The first-order valence-electron chi connectivity index (χ1n) is 6.50. The molecule has 6 nitrogen and oxygen atoms in total. The van der Waals surface area contributed by atoms with Crippen molar-refractivity contribution in [2.75, 3.05) is 20.8 Å². The average Bonchev–Trinajstić information content (AvgIpc) is 2.45. The quantitative estimate of drug-likeness (QED) is 0.673. The van der Waals surface area contributed by atoms with E-state index >= 15 is 0 Å². The normalized spacial score (nSPS) is 13.3. The van der Waals surface area contributed by atoms with Crippen LogP contribution in [0.25, 0.3) is 0 Å². The molecule has 1 aromatic rings. The second-order valence-corrected chi connectivity index (χ2v) is 4.58. The van der Waals surface area contributed by atoms with Gasteiger partial charge in [0.25, 0.3) is 5.91 Å². The Kier molecular flexibility index (Phi) is 6.69. The summed E-state index contributed by atoms with van der Waals surface area (Å²) in [6.07, 6.45) is 0. The van der Waals surface area contributed by atoms with E-state index in [0.717, 1.165) is 5.56 Å². The molecule has 2 atom stereocenters. The minimum absolute atomic E-state index is 0.0978. The predicted octanol–water partition coefficient (Wildman–Crippen LogP) is -0.218. The van der Waals surface area contributed by atoms with Gasteiger partial charge in [-0.05, 0) is 6.92 Å². The first-order valence-corrected chi connectivity index (χ1v) is 6.50. The van der Waals surface area contributed by atoms with E-state index in [9.17, 15) is 9.59 Å². The van der Waals surface area contributed by atoms with Crippen molar-refractivity contribution < 1.29 is 19.6 Å². The zero-order valence-electron chi connectivity index (χ0n) is 12.1. The van der Waals surface area contributed by atoms with Crippen LogP contribution >= 0.6 is 0 Å². The molecule has 110 valence electrons. The van der Waals surface area contributed by atoms with Gasteiger partial charge in [0.15, 0.2) is 6.04 Å². The Labute approximate surface area is 118 Å². The maximum Gasteiger partial charge on any atom is 0.321 e. The standard InChI is InChI=1S/C14H21N3O3/c1-10(9-20-3)16-12(11-7-5-4-6-8-11)13(18)17-14(19)15-2/h4-8,10,12,16H,9H2,1-3H3,(H2,15,17,18,19)/p+1/t10-,12+/m1/s1. The van der Waals surface area contributed by atoms with Gasteiger partial charge in [-0.1, -0.05) is 30.3 Å². The molecule has 0 fully saturated rings. The van der Waals surface area contributed by atoms with Crippen LogP contribution in [0.15, 0.2) is 30.3 Å². The molecule has 4 N–H and O–H groups in total. The molecule has 6 heteroatoms. The average molecular weight is 280 g/mol. The third-order valence-corrected chi connectivity index (χ3v) is 2.86. The summed E-state index contributed by atoms with van der Waals surface area (Å²) in [6, 6.07) is 8.45. The number of nitrogens with two attached hydrogens (primary N) is 1. The van der Waals surface area contributed by atoms with Gasteiger partial charge in [-0.2, -0.15) is 0 Å². The smallest absolute Gasteiger partial charge is 0.321 e. The second kappa shape index (κ2) is 8.29. The minimum Gasteiger partial charge on any atom is -0.379 e. The third-order valence-electron chi connectivity index (χ3n) is 2.86. The molecule has 1 aromatic carbocycles. The summed E-state index contributed by atoms with van der Waals surface area (Å²) in [5, 5.41) is 6.57. The van der Waals surface area contributed by atoms with Gasteiger partial charge in [0.1, 0.15) is 6.04 Å². The first-order chi connectivity index (χ1) is 9.58. The molecule has 0 aliphatic heterocycles. The van der Waals surface area contributed by atoms with Crippen LogP contribution in [0.4, 0.5) is 4.79 Å².